The van der Waals surface area contributed by atoms with Gasteiger partial charge in [-0.3, -0.25) is 0 Å². The average Bonchev–Trinajstić information content (AvgIpc) is 2.30. The van der Waals surface area contributed by atoms with Gasteiger partial charge in [0.2, 0.25) is 0 Å². The lowest BCUT2D eigenvalue weighted by atomic mass is 10.0. The van der Waals surface area contributed by atoms with Gasteiger partial charge in [0.05, 0.1) is 28.8 Å². The lowest BCUT2D eigenvalue weighted by molar-refractivity contribution is 0.0600. The smallest absolute Gasteiger partial charge is 0.338 e. The van der Waals surface area contributed by atoms with Gasteiger partial charge >= 0.3 is 5.97 Å². The van der Waals surface area contributed by atoms with Crippen LogP contribution >= 0.6 is 15.9 Å². The lowest BCUT2D eigenvalue weighted by Gasteiger charge is -2.08. The van der Waals surface area contributed by atoms with Crippen LogP contribution in [0.25, 0.3) is 5.57 Å². The molecule has 16 heavy (non-hydrogen) atoms. The number of ether oxygens (including phenoxy) is 1. The fourth-order valence-electron chi connectivity index (χ4n) is 1.18. The molecule has 0 heterocycles. The van der Waals surface area contributed by atoms with Crippen LogP contribution in [0.4, 0.5) is 4.39 Å². The molecule has 0 radical (unpaired) electrons. The fourth-order valence-corrected chi connectivity index (χ4v) is 1.51. The third-order valence-electron chi connectivity index (χ3n) is 1.94. The van der Waals surface area contributed by atoms with Gasteiger partial charge in [-0.05, 0) is 28.1 Å². The van der Waals surface area contributed by atoms with E-state index in [1.165, 1.54) is 19.2 Å². The predicted octanol–water partition coefficient (Wildman–Crippen LogP) is 2.91. The number of carbonyl (C=O) groups excluding carboxylic acids is 1. The van der Waals surface area contributed by atoms with E-state index in [1.54, 1.807) is 6.07 Å². The number of benzene rings is 1. The Labute approximate surface area is 100 Å². The molecule has 0 aromatic heterocycles. The Morgan fingerprint density at radius 2 is 2.25 bits per heavy atom. The van der Waals surface area contributed by atoms with Crippen molar-refractivity contribution in [1.29, 1.82) is 5.26 Å². The standard InChI is InChI=1S/C11H7BrFNO2/c1-6(5-14)9-7(11(15)16-2)3-4-8(12)10(9)13/h3-4H,1H2,2H3. The highest BCUT2D eigenvalue weighted by molar-refractivity contribution is 9.10. The van der Waals surface area contributed by atoms with Crippen LogP contribution in [0, 0.1) is 17.1 Å². The van der Waals surface area contributed by atoms with Crippen molar-refractivity contribution in [2.24, 2.45) is 0 Å². The van der Waals surface area contributed by atoms with Gasteiger partial charge in [0.15, 0.2) is 0 Å². The molecule has 1 aromatic rings. The van der Waals surface area contributed by atoms with Crippen molar-refractivity contribution in [2.75, 3.05) is 7.11 Å². The van der Waals surface area contributed by atoms with Crippen LogP contribution < -0.4 is 0 Å². The van der Waals surface area contributed by atoms with Crippen molar-refractivity contribution in [1.82, 2.24) is 0 Å². The molecule has 5 heteroatoms. The van der Waals surface area contributed by atoms with Crippen LogP contribution in [0.5, 0.6) is 0 Å². The monoisotopic (exact) mass is 283 g/mol. The zero-order valence-corrected chi connectivity index (χ0v) is 9.97. The van der Waals surface area contributed by atoms with Crippen molar-refractivity contribution < 1.29 is 13.9 Å². The number of nitriles is 1. The number of rotatable bonds is 2. The molecule has 1 aromatic carbocycles. The van der Waals surface area contributed by atoms with Gasteiger partial charge in [-0.25, -0.2) is 9.18 Å². The Balaban J connectivity index is 3.52. The minimum atomic E-state index is -0.710. The fraction of sp³-hybridized carbons (Fsp3) is 0.0909. The summed E-state index contributed by atoms with van der Waals surface area (Å²) in [6, 6.07) is 4.45. The highest BCUT2D eigenvalue weighted by atomic mass is 79.9. The largest absolute Gasteiger partial charge is 0.465 e. The number of allylic oxidation sites excluding steroid dienone is 1. The maximum Gasteiger partial charge on any atom is 0.338 e. The molecule has 0 saturated heterocycles. The molecule has 0 N–H and O–H groups in total. The number of halogens is 2. The second kappa shape index (κ2) is 4.90. The molecule has 0 atom stereocenters. The van der Waals surface area contributed by atoms with Gasteiger partial charge in [-0.2, -0.15) is 5.26 Å². The molecular formula is C11H7BrFNO2. The van der Waals surface area contributed by atoms with Crippen LogP contribution in [0.2, 0.25) is 0 Å². The summed E-state index contributed by atoms with van der Waals surface area (Å²) in [6.45, 7) is 3.39. The first-order valence-corrected chi connectivity index (χ1v) is 4.98. The van der Waals surface area contributed by atoms with Crippen molar-refractivity contribution in [3.8, 4) is 6.07 Å². The first-order valence-electron chi connectivity index (χ1n) is 4.18. The second-order valence-electron chi connectivity index (χ2n) is 2.87. The summed E-state index contributed by atoms with van der Waals surface area (Å²) in [5, 5.41) is 8.70. The van der Waals surface area contributed by atoms with Gasteiger partial charge in [-0.1, -0.05) is 6.58 Å². The Morgan fingerprint density at radius 3 is 2.75 bits per heavy atom. The van der Waals surface area contributed by atoms with Gasteiger partial charge in [0.25, 0.3) is 0 Å². The minimum Gasteiger partial charge on any atom is -0.465 e. The summed E-state index contributed by atoms with van der Waals surface area (Å²) >= 11 is 2.97. The number of methoxy groups -OCH3 is 1. The summed E-state index contributed by atoms with van der Waals surface area (Å²) < 4.78 is 18.4. The van der Waals surface area contributed by atoms with E-state index in [0.717, 1.165) is 0 Å². The lowest BCUT2D eigenvalue weighted by Crippen LogP contribution is -2.07. The number of hydrogen-bond acceptors (Lipinski definition) is 3. The molecule has 0 fully saturated rings. The SMILES string of the molecule is C=C(C#N)c1c(C(=O)OC)ccc(Br)c1F. The minimum absolute atomic E-state index is 0.0187. The van der Waals surface area contributed by atoms with Crippen LogP contribution in [-0.2, 0) is 4.74 Å². The van der Waals surface area contributed by atoms with Gasteiger partial charge < -0.3 is 4.74 Å². The summed E-state index contributed by atoms with van der Waals surface area (Å²) in [7, 11) is 1.18. The Hall–Kier alpha value is -1.67. The van der Waals surface area contributed by atoms with Gasteiger partial charge in [-0.15, -0.1) is 0 Å². The highest BCUT2D eigenvalue weighted by Crippen LogP contribution is 2.27. The van der Waals surface area contributed by atoms with E-state index < -0.39 is 11.8 Å². The van der Waals surface area contributed by atoms with E-state index in [2.05, 4.69) is 27.2 Å². The number of carbonyl (C=O) groups is 1. The van der Waals surface area contributed by atoms with E-state index in [4.69, 9.17) is 5.26 Å². The average molecular weight is 284 g/mol. The summed E-state index contributed by atoms with van der Waals surface area (Å²) in [5.41, 5.74) is -0.280. The van der Waals surface area contributed by atoms with E-state index in [1.807, 2.05) is 0 Å². The predicted molar refractivity (Wildman–Crippen MR) is 60.1 cm³/mol. The molecule has 0 unspecified atom stereocenters. The maximum atomic E-state index is 13.7. The Bertz CT molecular complexity index is 505. The third-order valence-corrected chi connectivity index (χ3v) is 2.55. The molecule has 1 rings (SSSR count). The molecule has 0 bridgehead atoms. The summed E-state index contributed by atoms with van der Waals surface area (Å²) in [6.07, 6.45) is 0. The van der Waals surface area contributed by atoms with Crippen LogP contribution in [0.1, 0.15) is 15.9 Å². The van der Waals surface area contributed by atoms with Crippen molar-refractivity contribution >= 4 is 27.5 Å². The molecule has 0 saturated carbocycles. The zero-order chi connectivity index (χ0) is 12.3. The Morgan fingerprint density at radius 1 is 1.62 bits per heavy atom. The van der Waals surface area contributed by atoms with Crippen molar-refractivity contribution in [2.45, 2.75) is 0 Å². The molecule has 0 aliphatic heterocycles. The van der Waals surface area contributed by atoms with E-state index >= 15 is 0 Å². The summed E-state index contributed by atoms with van der Waals surface area (Å²) in [5.74, 6) is -1.41. The molecule has 0 amide bonds. The van der Waals surface area contributed by atoms with Gasteiger partial charge in [0.1, 0.15) is 5.82 Å². The maximum absolute atomic E-state index is 13.7. The topological polar surface area (TPSA) is 50.1 Å². The van der Waals surface area contributed by atoms with E-state index in [9.17, 15) is 9.18 Å². The van der Waals surface area contributed by atoms with E-state index in [-0.39, 0.29) is 21.2 Å². The molecule has 82 valence electrons. The normalized spacial score (nSPS) is 9.38. The quantitative estimate of drug-likeness (QED) is 0.619. The zero-order valence-electron chi connectivity index (χ0n) is 8.38. The number of hydrogen-bond donors (Lipinski definition) is 0. The third kappa shape index (κ3) is 2.12. The highest BCUT2D eigenvalue weighted by Gasteiger charge is 2.20. The van der Waals surface area contributed by atoms with Gasteiger partial charge in [0, 0.05) is 5.56 Å². The summed E-state index contributed by atoms with van der Waals surface area (Å²) in [4.78, 5) is 11.4. The van der Waals surface area contributed by atoms with Crippen molar-refractivity contribution in [3.63, 3.8) is 0 Å². The van der Waals surface area contributed by atoms with Crippen LogP contribution in [0.15, 0.2) is 23.2 Å². The first kappa shape index (κ1) is 12.4. The molecular weight excluding hydrogens is 277 g/mol. The Kier molecular flexibility index (Phi) is 3.80. The molecule has 0 aliphatic carbocycles. The molecule has 0 aliphatic rings. The molecule has 3 nitrogen and oxygen atoms in total. The first-order chi connectivity index (χ1) is 7.52. The number of esters is 1. The molecule has 0 spiro atoms. The van der Waals surface area contributed by atoms with E-state index in [0.29, 0.717) is 0 Å². The van der Waals surface area contributed by atoms with Crippen molar-refractivity contribution in [3.05, 3.63) is 40.1 Å². The second-order valence-corrected chi connectivity index (χ2v) is 3.72. The number of nitrogens with zero attached hydrogens (tertiary/aromatic N) is 1. The van der Waals surface area contributed by atoms with Crippen LogP contribution in [0.3, 0.4) is 0 Å². The van der Waals surface area contributed by atoms with Crippen LogP contribution in [-0.4, -0.2) is 13.1 Å².